The zero-order chi connectivity index (χ0) is 14.5. The van der Waals surface area contributed by atoms with E-state index in [1.807, 2.05) is 6.07 Å². The Balaban J connectivity index is 2.01. The Morgan fingerprint density at radius 2 is 2.00 bits per heavy atom. The number of hydrogen-bond acceptors (Lipinski definition) is 2. The van der Waals surface area contributed by atoms with Crippen LogP contribution in [0.4, 0.5) is 10.1 Å². The van der Waals surface area contributed by atoms with E-state index in [4.69, 9.17) is 4.74 Å². The van der Waals surface area contributed by atoms with Crippen molar-refractivity contribution in [3.05, 3.63) is 58.8 Å². The molecule has 1 N–H and O–H groups in total. The maximum Gasteiger partial charge on any atom is 0.265 e. The molecule has 2 aromatic rings. The molecule has 0 aliphatic rings. The zero-order valence-electron chi connectivity index (χ0n) is 10.8. The molecule has 0 aromatic heterocycles. The van der Waals surface area contributed by atoms with Gasteiger partial charge in [0.15, 0.2) is 6.10 Å². The van der Waals surface area contributed by atoms with Crippen molar-refractivity contribution in [3.63, 3.8) is 0 Å². The first-order valence-electron chi connectivity index (χ1n) is 6.04. The van der Waals surface area contributed by atoms with Crippen molar-refractivity contribution < 1.29 is 13.9 Å². The standard InChI is InChI=1S/C15H13BrFNO2/c1-10(20-12-6-4-5-11(16)9-12)15(19)18-14-8-3-2-7-13(14)17/h2-10H,1H3,(H,18,19)/t10-/m0/s1. The number of ether oxygens (including phenoxy) is 1. The van der Waals surface area contributed by atoms with Gasteiger partial charge < -0.3 is 10.1 Å². The van der Waals surface area contributed by atoms with Crippen LogP contribution >= 0.6 is 15.9 Å². The first-order chi connectivity index (χ1) is 9.56. The SMILES string of the molecule is C[C@H](Oc1cccc(Br)c1)C(=O)Nc1ccccc1F. The fraction of sp³-hybridized carbons (Fsp3) is 0.133. The summed E-state index contributed by atoms with van der Waals surface area (Å²) < 4.78 is 19.8. The summed E-state index contributed by atoms with van der Waals surface area (Å²) in [7, 11) is 0. The van der Waals surface area contributed by atoms with E-state index < -0.39 is 17.8 Å². The van der Waals surface area contributed by atoms with Gasteiger partial charge in [-0.3, -0.25) is 4.79 Å². The molecule has 2 aromatic carbocycles. The summed E-state index contributed by atoms with van der Waals surface area (Å²) in [6, 6.07) is 13.2. The fourth-order valence-electron chi connectivity index (χ4n) is 1.59. The van der Waals surface area contributed by atoms with Gasteiger partial charge in [-0.1, -0.05) is 34.1 Å². The number of carbonyl (C=O) groups excluding carboxylic acids is 1. The molecule has 1 amide bonds. The molecular formula is C15H13BrFNO2. The Morgan fingerprint density at radius 1 is 1.25 bits per heavy atom. The Labute approximate surface area is 124 Å². The molecule has 0 unspecified atom stereocenters. The van der Waals surface area contributed by atoms with Crippen LogP contribution in [0, 0.1) is 5.82 Å². The number of carbonyl (C=O) groups is 1. The molecular weight excluding hydrogens is 325 g/mol. The molecule has 0 heterocycles. The Hall–Kier alpha value is -1.88. The number of nitrogens with one attached hydrogen (secondary N) is 1. The van der Waals surface area contributed by atoms with Crippen LogP contribution in [-0.2, 0) is 4.79 Å². The molecule has 0 bridgehead atoms. The van der Waals surface area contributed by atoms with Gasteiger partial charge in [-0.05, 0) is 37.3 Å². The summed E-state index contributed by atoms with van der Waals surface area (Å²) in [5.74, 6) is -0.318. The van der Waals surface area contributed by atoms with Crippen molar-refractivity contribution in [2.75, 3.05) is 5.32 Å². The highest BCUT2D eigenvalue weighted by Crippen LogP contribution is 2.19. The lowest BCUT2D eigenvalue weighted by Gasteiger charge is -2.15. The summed E-state index contributed by atoms with van der Waals surface area (Å²) >= 11 is 3.32. The van der Waals surface area contributed by atoms with Crippen molar-refractivity contribution in [1.82, 2.24) is 0 Å². The maximum atomic E-state index is 13.4. The minimum Gasteiger partial charge on any atom is -0.481 e. The summed E-state index contributed by atoms with van der Waals surface area (Å²) in [4.78, 5) is 11.9. The largest absolute Gasteiger partial charge is 0.481 e. The van der Waals surface area contributed by atoms with Crippen molar-refractivity contribution in [1.29, 1.82) is 0 Å². The van der Waals surface area contributed by atoms with Crippen molar-refractivity contribution in [2.24, 2.45) is 0 Å². The number of para-hydroxylation sites is 1. The van der Waals surface area contributed by atoms with Gasteiger partial charge in [-0.25, -0.2) is 4.39 Å². The number of hydrogen-bond donors (Lipinski definition) is 1. The average Bonchev–Trinajstić information content (AvgIpc) is 2.41. The Morgan fingerprint density at radius 3 is 2.70 bits per heavy atom. The lowest BCUT2D eigenvalue weighted by atomic mass is 10.3. The van der Waals surface area contributed by atoms with Gasteiger partial charge in [0.05, 0.1) is 5.69 Å². The van der Waals surface area contributed by atoms with E-state index >= 15 is 0 Å². The van der Waals surface area contributed by atoms with Gasteiger partial charge in [0.2, 0.25) is 0 Å². The molecule has 0 aliphatic heterocycles. The highest BCUT2D eigenvalue weighted by Gasteiger charge is 2.16. The monoisotopic (exact) mass is 337 g/mol. The highest BCUT2D eigenvalue weighted by atomic mass is 79.9. The molecule has 0 saturated heterocycles. The van der Waals surface area contributed by atoms with Crippen LogP contribution in [0.1, 0.15) is 6.92 Å². The summed E-state index contributed by atoms with van der Waals surface area (Å²) in [5, 5.41) is 2.49. The van der Waals surface area contributed by atoms with Gasteiger partial charge in [-0.15, -0.1) is 0 Å². The normalized spacial score (nSPS) is 11.8. The quantitative estimate of drug-likeness (QED) is 0.915. The number of benzene rings is 2. The molecule has 5 heteroatoms. The third-order valence-corrected chi connectivity index (χ3v) is 3.10. The lowest BCUT2D eigenvalue weighted by Crippen LogP contribution is -2.30. The van der Waals surface area contributed by atoms with E-state index in [1.54, 1.807) is 37.3 Å². The van der Waals surface area contributed by atoms with Crippen LogP contribution < -0.4 is 10.1 Å². The number of amides is 1. The van der Waals surface area contributed by atoms with Gasteiger partial charge in [0.1, 0.15) is 11.6 Å². The smallest absolute Gasteiger partial charge is 0.265 e. The topological polar surface area (TPSA) is 38.3 Å². The molecule has 104 valence electrons. The molecule has 2 rings (SSSR count). The molecule has 0 aliphatic carbocycles. The van der Waals surface area contributed by atoms with Crippen LogP contribution in [0.3, 0.4) is 0 Å². The van der Waals surface area contributed by atoms with E-state index in [0.29, 0.717) is 5.75 Å². The van der Waals surface area contributed by atoms with E-state index in [1.165, 1.54) is 12.1 Å². The molecule has 0 spiro atoms. The van der Waals surface area contributed by atoms with Gasteiger partial charge >= 0.3 is 0 Å². The molecule has 20 heavy (non-hydrogen) atoms. The predicted molar refractivity (Wildman–Crippen MR) is 79.3 cm³/mol. The van der Waals surface area contributed by atoms with E-state index in [2.05, 4.69) is 21.2 Å². The molecule has 0 fully saturated rings. The van der Waals surface area contributed by atoms with Gasteiger partial charge in [0.25, 0.3) is 5.91 Å². The first kappa shape index (κ1) is 14.5. The van der Waals surface area contributed by atoms with Crippen LogP contribution in [0.15, 0.2) is 53.0 Å². The van der Waals surface area contributed by atoms with Crippen LogP contribution in [-0.4, -0.2) is 12.0 Å². The third kappa shape index (κ3) is 3.81. The Kier molecular flexibility index (Phi) is 4.74. The maximum absolute atomic E-state index is 13.4. The van der Waals surface area contributed by atoms with Crippen LogP contribution in [0.2, 0.25) is 0 Å². The second kappa shape index (κ2) is 6.52. The zero-order valence-corrected chi connectivity index (χ0v) is 12.4. The second-order valence-corrected chi connectivity index (χ2v) is 5.10. The predicted octanol–water partition coefficient (Wildman–Crippen LogP) is 3.99. The number of rotatable bonds is 4. The van der Waals surface area contributed by atoms with E-state index in [9.17, 15) is 9.18 Å². The second-order valence-electron chi connectivity index (χ2n) is 4.19. The highest BCUT2D eigenvalue weighted by molar-refractivity contribution is 9.10. The molecule has 0 saturated carbocycles. The van der Waals surface area contributed by atoms with Gasteiger partial charge in [0, 0.05) is 4.47 Å². The van der Waals surface area contributed by atoms with Crippen molar-refractivity contribution in [2.45, 2.75) is 13.0 Å². The summed E-state index contributed by atoms with van der Waals surface area (Å²) in [5.41, 5.74) is 0.141. The third-order valence-electron chi connectivity index (χ3n) is 2.61. The Bertz CT molecular complexity index is 618. The van der Waals surface area contributed by atoms with E-state index in [-0.39, 0.29) is 5.69 Å². The number of halogens is 2. The minimum atomic E-state index is -0.732. The first-order valence-corrected chi connectivity index (χ1v) is 6.83. The van der Waals surface area contributed by atoms with Crippen molar-refractivity contribution >= 4 is 27.5 Å². The summed E-state index contributed by atoms with van der Waals surface area (Å²) in [6.45, 7) is 1.61. The molecule has 0 radical (unpaired) electrons. The van der Waals surface area contributed by atoms with Crippen LogP contribution in [0.5, 0.6) is 5.75 Å². The summed E-state index contributed by atoms with van der Waals surface area (Å²) in [6.07, 6.45) is -0.732. The average molecular weight is 338 g/mol. The minimum absolute atomic E-state index is 0.141. The van der Waals surface area contributed by atoms with Gasteiger partial charge in [-0.2, -0.15) is 0 Å². The number of anilines is 1. The van der Waals surface area contributed by atoms with E-state index in [0.717, 1.165) is 4.47 Å². The van der Waals surface area contributed by atoms with Crippen LogP contribution in [0.25, 0.3) is 0 Å². The van der Waals surface area contributed by atoms with Crippen molar-refractivity contribution in [3.8, 4) is 5.75 Å². The molecule has 1 atom stereocenters. The molecule has 3 nitrogen and oxygen atoms in total. The fourth-order valence-corrected chi connectivity index (χ4v) is 1.97. The lowest BCUT2D eigenvalue weighted by molar-refractivity contribution is -0.122.